The van der Waals surface area contributed by atoms with Crippen molar-refractivity contribution in [1.29, 1.82) is 5.41 Å². The Balaban J connectivity index is 1.64. The van der Waals surface area contributed by atoms with Crippen LogP contribution in [-0.4, -0.2) is 78.8 Å². The van der Waals surface area contributed by atoms with Crippen LogP contribution in [0.5, 0.6) is 0 Å². The highest BCUT2D eigenvalue weighted by molar-refractivity contribution is 7.85. The normalized spacial score (nSPS) is 16.2. The largest absolute Gasteiger partial charge is 0.381 e. The van der Waals surface area contributed by atoms with E-state index in [2.05, 4.69) is 30.1 Å². The smallest absolute Gasteiger partial charge is 0.120 e. The van der Waals surface area contributed by atoms with E-state index >= 15 is 0 Å². The second-order valence-corrected chi connectivity index (χ2v) is 11.1. The van der Waals surface area contributed by atoms with Gasteiger partial charge in [-0.3, -0.25) is 9.53 Å². The molecule has 0 aromatic heterocycles. The lowest BCUT2D eigenvalue weighted by molar-refractivity contribution is 0.0354. The van der Waals surface area contributed by atoms with Crippen molar-refractivity contribution >= 4 is 17.0 Å². The van der Waals surface area contributed by atoms with Gasteiger partial charge in [-0.2, -0.15) is 0 Å². The van der Waals surface area contributed by atoms with E-state index < -0.39 is 10.8 Å². The van der Waals surface area contributed by atoms with E-state index in [4.69, 9.17) is 14.9 Å². The van der Waals surface area contributed by atoms with Crippen LogP contribution in [0.3, 0.4) is 0 Å². The molecule has 0 aliphatic carbocycles. The maximum atomic E-state index is 12.7. The van der Waals surface area contributed by atoms with Crippen LogP contribution in [0.4, 0.5) is 0 Å². The Morgan fingerprint density at radius 3 is 2.62 bits per heavy atom. The molecule has 0 saturated carbocycles. The maximum absolute atomic E-state index is 12.7. The van der Waals surface area contributed by atoms with Crippen molar-refractivity contribution in [1.82, 2.24) is 15.1 Å². The molecule has 2 N–H and O–H groups in total. The average Bonchev–Trinajstić information content (AvgIpc) is 2.93. The zero-order valence-corrected chi connectivity index (χ0v) is 24.2. The number of nitrogens with one attached hydrogen (secondary N) is 2. The summed E-state index contributed by atoms with van der Waals surface area (Å²) < 4.78 is 23.9. The van der Waals surface area contributed by atoms with Crippen molar-refractivity contribution in [3.8, 4) is 0 Å². The fourth-order valence-corrected chi connectivity index (χ4v) is 5.59. The van der Waals surface area contributed by atoms with Gasteiger partial charge < -0.3 is 24.7 Å². The van der Waals surface area contributed by atoms with E-state index in [9.17, 15) is 4.21 Å². The molecule has 208 valence electrons. The Labute approximate surface area is 227 Å². The molecule has 0 amide bonds. The number of unbranched alkanes of at least 4 members (excludes halogenated alkanes) is 1. The number of hydrogen-bond acceptors (Lipinski definition) is 7. The molecule has 1 aromatic carbocycles. The Morgan fingerprint density at radius 1 is 1.24 bits per heavy atom. The summed E-state index contributed by atoms with van der Waals surface area (Å²) in [7, 11) is 1.02. The molecule has 1 heterocycles. The Kier molecular flexibility index (Phi) is 15.6. The molecule has 1 fully saturated rings. The molecule has 0 bridgehead atoms. The number of allylic oxidation sites excluding steroid dienone is 3. The lowest BCUT2D eigenvalue weighted by Gasteiger charge is -2.33. The van der Waals surface area contributed by atoms with Crippen LogP contribution in [0.15, 0.2) is 52.6 Å². The van der Waals surface area contributed by atoms with Crippen LogP contribution in [0, 0.1) is 5.41 Å². The number of hydrogen-bond donors (Lipinski definition) is 2. The minimum atomic E-state index is -0.951. The molecule has 0 spiro atoms. The van der Waals surface area contributed by atoms with Crippen LogP contribution < -0.4 is 5.32 Å². The molecule has 0 radical (unpaired) electrons. The van der Waals surface area contributed by atoms with Crippen LogP contribution in [0.2, 0.25) is 0 Å². The highest BCUT2D eigenvalue weighted by Gasteiger charge is 2.19. The Hall–Kier alpha value is -1.84. The van der Waals surface area contributed by atoms with Crippen molar-refractivity contribution in [2.75, 3.05) is 52.6 Å². The fourth-order valence-electron chi connectivity index (χ4n) is 4.45. The van der Waals surface area contributed by atoms with Crippen molar-refractivity contribution in [2.45, 2.75) is 70.4 Å². The van der Waals surface area contributed by atoms with Crippen molar-refractivity contribution in [2.24, 2.45) is 0 Å². The molecule has 7 nitrogen and oxygen atoms in total. The molecular formula is C29H48N4O3S. The van der Waals surface area contributed by atoms with Crippen molar-refractivity contribution < 1.29 is 13.7 Å². The first-order valence-electron chi connectivity index (χ1n) is 13.6. The second-order valence-electron chi connectivity index (χ2n) is 9.57. The lowest BCUT2D eigenvalue weighted by atomic mass is 10.1. The van der Waals surface area contributed by atoms with Gasteiger partial charge in [0.1, 0.15) is 6.73 Å². The first-order valence-corrected chi connectivity index (χ1v) is 14.9. The van der Waals surface area contributed by atoms with E-state index in [-0.39, 0.29) is 0 Å². The number of benzene rings is 1. The van der Waals surface area contributed by atoms with Gasteiger partial charge >= 0.3 is 0 Å². The van der Waals surface area contributed by atoms with E-state index in [1.165, 1.54) is 11.8 Å². The van der Waals surface area contributed by atoms with Gasteiger partial charge in [0.25, 0.3) is 0 Å². The summed E-state index contributed by atoms with van der Waals surface area (Å²) in [5.41, 5.74) is 3.43. The van der Waals surface area contributed by atoms with Gasteiger partial charge in [0.05, 0.1) is 17.5 Å². The molecule has 1 atom stereocenters. The molecule has 1 saturated heterocycles. The first kappa shape index (κ1) is 31.4. The van der Waals surface area contributed by atoms with E-state index in [0.717, 1.165) is 68.0 Å². The molecule has 2 rings (SSSR count). The number of rotatable bonds is 18. The van der Waals surface area contributed by atoms with Gasteiger partial charge in [-0.05, 0) is 82.1 Å². The van der Waals surface area contributed by atoms with E-state index in [0.29, 0.717) is 38.2 Å². The SMILES string of the molecule is CC=C(C)/C(=C\N(C)COCNCc1ccc(S(=O)CCCCN(CC)C2CCOCC2)cc1)CC=N. The highest BCUT2D eigenvalue weighted by atomic mass is 32.2. The quantitative estimate of drug-likeness (QED) is 0.121. The van der Waals surface area contributed by atoms with Gasteiger partial charge in [-0.25, -0.2) is 0 Å². The van der Waals surface area contributed by atoms with Crippen molar-refractivity contribution in [3.05, 3.63) is 53.3 Å². The highest BCUT2D eigenvalue weighted by Crippen LogP contribution is 2.16. The molecule has 8 heteroatoms. The van der Waals surface area contributed by atoms with Gasteiger partial charge in [-0.15, -0.1) is 0 Å². The molecular weight excluding hydrogens is 484 g/mol. The third kappa shape index (κ3) is 12.0. The summed E-state index contributed by atoms with van der Waals surface area (Å²) in [5.74, 6) is 0.716. The number of ether oxygens (including phenoxy) is 2. The summed E-state index contributed by atoms with van der Waals surface area (Å²) in [4.78, 5) is 5.45. The van der Waals surface area contributed by atoms with Gasteiger partial charge in [-0.1, -0.05) is 30.7 Å². The molecule has 1 unspecified atom stereocenters. The number of nitrogens with zero attached hydrogens (tertiary/aromatic N) is 2. The Morgan fingerprint density at radius 2 is 1.97 bits per heavy atom. The molecule has 1 aromatic rings. The zero-order chi connectivity index (χ0) is 26.9. The van der Waals surface area contributed by atoms with Crippen LogP contribution in [-0.2, 0) is 26.8 Å². The van der Waals surface area contributed by atoms with Crippen LogP contribution in [0.25, 0.3) is 0 Å². The monoisotopic (exact) mass is 532 g/mol. The van der Waals surface area contributed by atoms with Crippen LogP contribution in [0.1, 0.15) is 58.4 Å². The third-order valence-electron chi connectivity index (χ3n) is 6.79. The summed E-state index contributed by atoms with van der Waals surface area (Å²) in [5, 5.41) is 10.7. The molecule has 37 heavy (non-hydrogen) atoms. The first-order chi connectivity index (χ1) is 18.0. The zero-order valence-electron chi connectivity index (χ0n) is 23.3. The second kappa shape index (κ2) is 18.4. The van der Waals surface area contributed by atoms with Gasteiger partial charge in [0, 0.05) is 56.1 Å². The predicted molar refractivity (Wildman–Crippen MR) is 154 cm³/mol. The summed E-state index contributed by atoms with van der Waals surface area (Å²) in [6.45, 7) is 11.8. The third-order valence-corrected chi connectivity index (χ3v) is 8.25. The minimum absolute atomic E-state index is 0.441. The maximum Gasteiger partial charge on any atom is 0.120 e. The average molecular weight is 533 g/mol. The summed E-state index contributed by atoms with van der Waals surface area (Å²) in [6, 6.07) is 8.71. The lowest BCUT2D eigenvalue weighted by Crippen LogP contribution is -2.39. The van der Waals surface area contributed by atoms with Gasteiger partial charge in [0.2, 0.25) is 0 Å². The van der Waals surface area contributed by atoms with Crippen LogP contribution >= 0.6 is 0 Å². The molecule has 1 aliphatic heterocycles. The van der Waals surface area contributed by atoms with Gasteiger partial charge in [0.15, 0.2) is 0 Å². The molecule has 1 aliphatic rings. The summed E-state index contributed by atoms with van der Waals surface area (Å²) in [6.07, 6.45) is 10.5. The van der Waals surface area contributed by atoms with E-state index in [1.54, 1.807) is 0 Å². The fraction of sp³-hybridized carbons (Fsp3) is 0.621. The van der Waals surface area contributed by atoms with Crippen molar-refractivity contribution in [3.63, 3.8) is 0 Å². The predicted octanol–water partition coefficient (Wildman–Crippen LogP) is 4.92. The minimum Gasteiger partial charge on any atom is -0.381 e. The summed E-state index contributed by atoms with van der Waals surface area (Å²) >= 11 is 0. The Bertz CT molecular complexity index is 866. The standard InChI is InChI=1S/C29H48N4O3S/c1-5-25(3)27(13-16-30)22-32(4)24-36-23-31-21-26-9-11-29(12-10-26)37(34)20-8-7-17-33(6-2)28-14-18-35-19-15-28/h5,9-12,16,22,28,30-31H,6-8,13-15,17-21,23-24H2,1-4H3/b25-5?,27-22-,30-16?. The van der Waals surface area contributed by atoms with E-state index in [1.807, 2.05) is 49.3 Å². The topological polar surface area (TPSA) is 77.9 Å².